The van der Waals surface area contributed by atoms with Crippen LogP contribution >= 0.6 is 0 Å². The lowest BCUT2D eigenvalue weighted by Crippen LogP contribution is -2.39. The number of nitroso groups, excluding NO2 is 1. The lowest BCUT2D eigenvalue weighted by atomic mass is 9.99. The average molecular weight is 561 g/mol. The number of sulfonamides is 2. The summed E-state index contributed by atoms with van der Waals surface area (Å²) in [6.45, 7) is 5.75. The SMILES string of the molecule is CC1CCCN(S(=O)(=O)c2ccc3c(NO)c4cc(S(=O)(=O)N5CCCC(C)C5)ccc4c(N=O)c3c2)C1. The number of hydrogen-bond donors (Lipinski definition) is 2. The molecule has 2 aliphatic rings. The van der Waals surface area contributed by atoms with E-state index in [1.54, 1.807) is 0 Å². The molecule has 0 radical (unpaired) electrons. The highest BCUT2D eigenvalue weighted by molar-refractivity contribution is 7.89. The Hall–Kier alpha value is -2.64. The van der Waals surface area contributed by atoms with E-state index in [0.717, 1.165) is 25.7 Å². The molecule has 0 amide bonds. The molecule has 204 valence electrons. The summed E-state index contributed by atoms with van der Waals surface area (Å²) in [5.74, 6) is 0.501. The van der Waals surface area contributed by atoms with Crippen LogP contribution in [0.2, 0.25) is 0 Å². The molecule has 3 aromatic rings. The second kappa shape index (κ2) is 10.2. The van der Waals surface area contributed by atoms with Crippen molar-refractivity contribution in [3.8, 4) is 0 Å². The van der Waals surface area contributed by atoms with Gasteiger partial charge in [-0.05, 0) is 67.0 Å². The largest absolute Gasteiger partial charge is 0.291 e. The smallest absolute Gasteiger partial charge is 0.243 e. The fourth-order valence-electron chi connectivity index (χ4n) is 5.73. The summed E-state index contributed by atoms with van der Waals surface area (Å²) in [4.78, 5) is 12.2. The maximum atomic E-state index is 13.4. The lowest BCUT2D eigenvalue weighted by molar-refractivity contribution is 0.281. The molecule has 5 rings (SSSR count). The maximum Gasteiger partial charge on any atom is 0.243 e. The summed E-state index contributed by atoms with van der Waals surface area (Å²) in [6, 6.07) is 8.69. The van der Waals surface area contributed by atoms with E-state index in [1.807, 2.05) is 13.8 Å². The number of nitrogens with zero attached hydrogens (tertiary/aromatic N) is 3. The van der Waals surface area contributed by atoms with Crippen LogP contribution in [0.1, 0.15) is 39.5 Å². The van der Waals surface area contributed by atoms with Gasteiger partial charge in [-0.15, -0.1) is 4.91 Å². The molecule has 2 fully saturated rings. The summed E-state index contributed by atoms with van der Waals surface area (Å²) >= 11 is 0. The van der Waals surface area contributed by atoms with Crippen molar-refractivity contribution in [3.63, 3.8) is 0 Å². The van der Waals surface area contributed by atoms with Gasteiger partial charge in [0.15, 0.2) is 0 Å². The first kappa shape index (κ1) is 26.9. The van der Waals surface area contributed by atoms with Crippen molar-refractivity contribution >= 4 is 53.0 Å². The van der Waals surface area contributed by atoms with Gasteiger partial charge in [0.2, 0.25) is 20.0 Å². The summed E-state index contributed by atoms with van der Waals surface area (Å²) < 4.78 is 56.5. The molecule has 12 heteroatoms. The summed E-state index contributed by atoms with van der Waals surface area (Å²) in [5.41, 5.74) is 2.29. The fourth-order valence-corrected chi connectivity index (χ4v) is 8.98. The fraction of sp³-hybridized carbons (Fsp3) is 0.462. The number of anilines is 1. The molecule has 2 atom stereocenters. The maximum absolute atomic E-state index is 13.4. The Morgan fingerprint density at radius 2 is 1.29 bits per heavy atom. The Morgan fingerprint density at radius 1 is 0.789 bits per heavy atom. The normalized spacial score (nSPS) is 22.1. The van der Waals surface area contributed by atoms with Crippen molar-refractivity contribution in [3.05, 3.63) is 41.3 Å². The first-order chi connectivity index (χ1) is 18.1. The van der Waals surface area contributed by atoms with Gasteiger partial charge in [0, 0.05) is 47.7 Å². The Bertz CT molecular complexity index is 1620. The van der Waals surface area contributed by atoms with Crippen LogP contribution in [0.5, 0.6) is 0 Å². The number of nitrogens with one attached hydrogen (secondary N) is 1. The Kier molecular flexibility index (Phi) is 7.20. The van der Waals surface area contributed by atoms with Crippen molar-refractivity contribution in [1.82, 2.24) is 8.61 Å². The predicted molar refractivity (Wildman–Crippen MR) is 147 cm³/mol. The van der Waals surface area contributed by atoms with Crippen LogP contribution in [0.15, 0.2) is 51.4 Å². The van der Waals surface area contributed by atoms with Gasteiger partial charge in [-0.2, -0.15) is 8.61 Å². The zero-order chi connectivity index (χ0) is 27.2. The van der Waals surface area contributed by atoms with Gasteiger partial charge < -0.3 is 0 Å². The molecule has 0 bridgehead atoms. The quantitative estimate of drug-likeness (QED) is 0.245. The van der Waals surface area contributed by atoms with Crippen molar-refractivity contribution in [2.75, 3.05) is 31.7 Å². The van der Waals surface area contributed by atoms with Crippen LogP contribution in [0.3, 0.4) is 0 Å². The zero-order valence-corrected chi connectivity index (χ0v) is 23.1. The molecule has 0 saturated carbocycles. The first-order valence-electron chi connectivity index (χ1n) is 12.8. The van der Waals surface area contributed by atoms with E-state index in [2.05, 4.69) is 10.7 Å². The highest BCUT2D eigenvalue weighted by Crippen LogP contribution is 2.43. The molecule has 0 aromatic heterocycles. The molecule has 2 heterocycles. The van der Waals surface area contributed by atoms with E-state index in [1.165, 1.54) is 45.0 Å². The Morgan fingerprint density at radius 3 is 1.76 bits per heavy atom. The first-order valence-corrected chi connectivity index (χ1v) is 15.7. The van der Waals surface area contributed by atoms with Crippen molar-refractivity contribution < 1.29 is 22.0 Å². The van der Waals surface area contributed by atoms with E-state index in [0.29, 0.717) is 42.3 Å². The van der Waals surface area contributed by atoms with Crippen LogP contribution in [0.4, 0.5) is 11.4 Å². The Labute approximate surface area is 222 Å². The lowest BCUT2D eigenvalue weighted by Gasteiger charge is -2.30. The minimum atomic E-state index is -3.81. The van der Waals surface area contributed by atoms with E-state index in [4.69, 9.17) is 0 Å². The second-order valence-electron chi connectivity index (χ2n) is 10.6. The standard InChI is InChI=1S/C26H32N4O6S2/c1-17-5-3-11-29(15-17)37(33,34)19-7-9-21-23(13-19)25(27-31)22-10-8-20(14-24(22)26(21)28-32)38(35,36)30-12-4-6-18(2)16-30/h7-10,13-14,17-18,27,31H,3-6,11-12,15-16H2,1-2H3. The van der Waals surface area contributed by atoms with Crippen molar-refractivity contribution in [2.45, 2.75) is 49.3 Å². The van der Waals surface area contributed by atoms with E-state index < -0.39 is 20.0 Å². The molecule has 38 heavy (non-hydrogen) atoms. The topological polar surface area (TPSA) is 136 Å². The minimum Gasteiger partial charge on any atom is -0.291 e. The average Bonchev–Trinajstić information content (AvgIpc) is 2.91. The second-order valence-corrected chi connectivity index (χ2v) is 14.4. The summed E-state index contributed by atoms with van der Waals surface area (Å²) in [5, 5.41) is 14.5. The van der Waals surface area contributed by atoms with Gasteiger partial charge >= 0.3 is 0 Å². The number of hydrogen-bond acceptors (Lipinski definition) is 8. The minimum absolute atomic E-state index is 0.0198. The monoisotopic (exact) mass is 560 g/mol. The van der Waals surface area contributed by atoms with Crippen molar-refractivity contribution in [1.29, 1.82) is 0 Å². The van der Waals surface area contributed by atoms with Gasteiger partial charge in [-0.3, -0.25) is 10.7 Å². The number of rotatable bonds is 6. The van der Waals surface area contributed by atoms with E-state index in [-0.39, 0.29) is 38.4 Å². The highest BCUT2D eigenvalue weighted by Gasteiger charge is 2.31. The Balaban J connectivity index is 1.66. The molecular formula is C26H32N4O6S2. The molecule has 2 unspecified atom stereocenters. The third-order valence-corrected chi connectivity index (χ3v) is 11.5. The van der Waals surface area contributed by atoms with Gasteiger partial charge in [0.05, 0.1) is 15.5 Å². The molecule has 2 aliphatic heterocycles. The third-order valence-electron chi connectivity index (χ3n) is 7.75. The molecular weight excluding hydrogens is 528 g/mol. The van der Waals surface area contributed by atoms with Crippen LogP contribution in [-0.4, -0.2) is 56.8 Å². The summed E-state index contributed by atoms with van der Waals surface area (Å²) in [7, 11) is -7.60. The number of fused-ring (bicyclic) bond motifs is 2. The third kappa shape index (κ3) is 4.58. The van der Waals surface area contributed by atoms with E-state index in [9.17, 15) is 26.9 Å². The molecule has 3 aromatic carbocycles. The molecule has 2 saturated heterocycles. The van der Waals surface area contributed by atoms with Gasteiger partial charge in [0.1, 0.15) is 5.69 Å². The van der Waals surface area contributed by atoms with Crippen LogP contribution in [0.25, 0.3) is 21.5 Å². The van der Waals surface area contributed by atoms with Crippen LogP contribution in [0, 0.1) is 16.7 Å². The van der Waals surface area contributed by atoms with Crippen LogP contribution < -0.4 is 5.48 Å². The van der Waals surface area contributed by atoms with Crippen LogP contribution in [-0.2, 0) is 20.0 Å². The molecule has 10 nitrogen and oxygen atoms in total. The number of piperidine rings is 2. The highest BCUT2D eigenvalue weighted by atomic mass is 32.2. The molecule has 2 N–H and O–H groups in total. The predicted octanol–water partition coefficient (Wildman–Crippen LogP) is 5.03. The van der Waals surface area contributed by atoms with Gasteiger partial charge in [0.25, 0.3) is 0 Å². The van der Waals surface area contributed by atoms with Gasteiger partial charge in [-0.1, -0.05) is 26.0 Å². The van der Waals surface area contributed by atoms with Gasteiger partial charge in [-0.25, -0.2) is 16.8 Å². The molecule has 0 spiro atoms. The molecule has 0 aliphatic carbocycles. The summed E-state index contributed by atoms with van der Waals surface area (Å²) in [6.07, 6.45) is 3.49. The number of benzene rings is 3. The van der Waals surface area contributed by atoms with E-state index >= 15 is 0 Å². The zero-order valence-electron chi connectivity index (χ0n) is 21.4. The van der Waals surface area contributed by atoms with Crippen molar-refractivity contribution in [2.24, 2.45) is 17.0 Å².